The van der Waals surface area contributed by atoms with E-state index in [2.05, 4.69) is 115 Å². The molecule has 2 heteroatoms. The first-order chi connectivity index (χ1) is 12.2. The molecule has 0 radical (unpaired) electrons. The van der Waals surface area contributed by atoms with Gasteiger partial charge in [-0.3, -0.25) is 0 Å². The average molecular weight is 326 g/mol. The van der Waals surface area contributed by atoms with Gasteiger partial charge in [-0.05, 0) is 29.3 Å². The molecular formula is C23H22N2. The Kier molecular flexibility index (Phi) is 4.02. The van der Waals surface area contributed by atoms with Crippen LogP contribution in [-0.2, 0) is 0 Å². The van der Waals surface area contributed by atoms with E-state index >= 15 is 0 Å². The summed E-state index contributed by atoms with van der Waals surface area (Å²) in [5.74, 6) is 0.315. The van der Waals surface area contributed by atoms with E-state index in [1.807, 2.05) is 0 Å². The molecule has 2 nitrogen and oxygen atoms in total. The first-order valence-electron chi connectivity index (χ1n) is 8.63. The van der Waals surface area contributed by atoms with Gasteiger partial charge in [0.2, 0.25) is 0 Å². The fourth-order valence-corrected chi connectivity index (χ4v) is 3.48. The first-order valence-corrected chi connectivity index (χ1v) is 8.63. The highest BCUT2D eigenvalue weighted by Gasteiger charge is 2.16. The van der Waals surface area contributed by atoms with Crippen LogP contribution < -0.4 is 9.80 Å². The van der Waals surface area contributed by atoms with E-state index in [0.29, 0.717) is 5.92 Å². The Morgan fingerprint density at radius 2 is 1.56 bits per heavy atom. The lowest BCUT2D eigenvalue weighted by molar-refractivity contribution is 1.000. The molecule has 1 unspecified atom stereocenters. The molecule has 0 aliphatic carbocycles. The van der Waals surface area contributed by atoms with Crippen molar-refractivity contribution in [3.05, 3.63) is 102 Å². The third-order valence-corrected chi connectivity index (χ3v) is 4.86. The molecule has 0 spiro atoms. The summed E-state index contributed by atoms with van der Waals surface area (Å²) in [7, 11) is 4.18. The Labute approximate surface area is 149 Å². The van der Waals surface area contributed by atoms with E-state index < -0.39 is 0 Å². The zero-order valence-corrected chi connectivity index (χ0v) is 14.6. The maximum atomic E-state index is 2.27. The van der Waals surface area contributed by atoms with Crippen LogP contribution >= 0.6 is 0 Å². The largest absolute Gasteiger partial charge is 0.351 e. The van der Waals surface area contributed by atoms with E-state index in [1.54, 1.807) is 0 Å². The number of para-hydroxylation sites is 2. The Morgan fingerprint density at radius 1 is 0.840 bits per heavy atom. The number of fused-ring (bicyclic) bond motifs is 2. The number of hydrogen-bond acceptors (Lipinski definition) is 2. The molecule has 0 bridgehead atoms. The van der Waals surface area contributed by atoms with Gasteiger partial charge in [0.1, 0.15) is 0 Å². The van der Waals surface area contributed by atoms with Crippen LogP contribution in [0.1, 0.15) is 17.0 Å². The molecule has 25 heavy (non-hydrogen) atoms. The third kappa shape index (κ3) is 2.91. The van der Waals surface area contributed by atoms with E-state index in [1.165, 1.54) is 28.1 Å². The van der Waals surface area contributed by atoms with Crippen LogP contribution in [0.4, 0.5) is 11.4 Å². The number of nitrogens with zero attached hydrogens (tertiary/aromatic N) is 2. The maximum Gasteiger partial charge on any atom is 0.0483 e. The van der Waals surface area contributed by atoms with Gasteiger partial charge >= 0.3 is 0 Å². The highest BCUT2D eigenvalue weighted by molar-refractivity contribution is 5.86. The number of hydrogen-bond donors (Lipinski definition) is 0. The van der Waals surface area contributed by atoms with Gasteiger partial charge in [-0.1, -0.05) is 60.7 Å². The Hall–Kier alpha value is -3.00. The van der Waals surface area contributed by atoms with Crippen LogP contribution in [0.15, 0.2) is 91.3 Å². The van der Waals surface area contributed by atoms with Crippen molar-refractivity contribution in [2.45, 2.75) is 5.92 Å². The Bertz CT molecular complexity index is 902. The van der Waals surface area contributed by atoms with E-state index in [0.717, 1.165) is 0 Å². The lowest BCUT2D eigenvalue weighted by Crippen LogP contribution is -2.15. The second-order valence-corrected chi connectivity index (χ2v) is 6.49. The minimum absolute atomic E-state index is 0.315. The minimum Gasteiger partial charge on any atom is -0.351 e. The zero-order valence-electron chi connectivity index (χ0n) is 14.6. The summed E-state index contributed by atoms with van der Waals surface area (Å²) < 4.78 is 0. The van der Waals surface area contributed by atoms with Crippen LogP contribution in [0.25, 0.3) is 5.57 Å². The summed E-state index contributed by atoms with van der Waals surface area (Å²) >= 11 is 0. The second kappa shape index (κ2) is 6.48. The van der Waals surface area contributed by atoms with Crippen LogP contribution in [-0.4, -0.2) is 14.1 Å². The molecule has 0 fully saturated rings. The van der Waals surface area contributed by atoms with Crippen molar-refractivity contribution in [3.63, 3.8) is 0 Å². The van der Waals surface area contributed by atoms with Crippen molar-refractivity contribution in [2.75, 3.05) is 23.9 Å². The molecule has 2 aromatic carbocycles. The summed E-state index contributed by atoms with van der Waals surface area (Å²) in [5.41, 5.74) is 6.39. The minimum atomic E-state index is 0.315. The van der Waals surface area contributed by atoms with E-state index in [-0.39, 0.29) is 0 Å². The van der Waals surface area contributed by atoms with Crippen LogP contribution in [0.5, 0.6) is 0 Å². The van der Waals surface area contributed by atoms with Crippen LogP contribution in [0, 0.1) is 0 Å². The normalized spacial score (nSPS) is 20.2. The van der Waals surface area contributed by atoms with Crippen LogP contribution in [0.2, 0.25) is 0 Å². The lowest BCUT2D eigenvalue weighted by Gasteiger charge is -2.26. The molecule has 0 saturated carbocycles. The van der Waals surface area contributed by atoms with Gasteiger partial charge in [0.05, 0.1) is 0 Å². The third-order valence-electron chi connectivity index (χ3n) is 4.86. The van der Waals surface area contributed by atoms with Crippen molar-refractivity contribution < 1.29 is 0 Å². The molecule has 2 aromatic rings. The smallest absolute Gasteiger partial charge is 0.0483 e. The van der Waals surface area contributed by atoms with Crippen molar-refractivity contribution in [1.82, 2.24) is 0 Å². The zero-order chi connectivity index (χ0) is 17.2. The molecular weight excluding hydrogens is 304 g/mol. The van der Waals surface area contributed by atoms with Crippen LogP contribution in [0.3, 0.4) is 0 Å². The number of allylic oxidation sites excluding steroid dienone is 6. The standard InChI is InChI=1S/C23H22N2/c1-24-16-14-18(20-10-3-5-12-22(20)24)8-7-9-19-15-17-25(2)23-13-6-4-11-21(19)23/h3-18H,1-2H3. The average Bonchev–Trinajstić information content (AvgIpc) is 2.66. The summed E-state index contributed by atoms with van der Waals surface area (Å²) in [6, 6.07) is 17.1. The molecule has 0 saturated heterocycles. The fourth-order valence-electron chi connectivity index (χ4n) is 3.48. The summed E-state index contributed by atoms with van der Waals surface area (Å²) in [6.07, 6.45) is 15.3. The van der Waals surface area contributed by atoms with Gasteiger partial charge in [-0.25, -0.2) is 0 Å². The molecule has 4 rings (SSSR count). The predicted molar refractivity (Wildman–Crippen MR) is 108 cm³/mol. The van der Waals surface area contributed by atoms with Gasteiger partial charge in [-0.2, -0.15) is 0 Å². The van der Waals surface area contributed by atoms with Gasteiger partial charge in [0.25, 0.3) is 0 Å². The number of rotatable bonds is 2. The first kappa shape index (κ1) is 15.5. The van der Waals surface area contributed by atoms with Crippen molar-refractivity contribution in [3.8, 4) is 0 Å². The number of anilines is 2. The second-order valence-electron chi connectivity index (χ2n) is 6.49. The Morgan fingerprint density at radius 3 is 2.44 bits per heavy atom. The number of benzene rings is 2. The topological polar surface area (TPSA) is 6.48 Å². The predicted octanol–water partition coefficient (Wildman–Crippen LogP) is 5.34. The monoisotopic (exact) mass is 326 g/mol. The molecule has 1 atom stereocenters. The SMILES string of the molecule is CN1C=CC(=CC=CC2C=CN(C)c3ccccc32)c2ccccc21. The van der Waals surface area contributed by atoms with E-state index in [9.17, 15) is 0 Å². The molecule has 124 valence electrons. The maximum absolute atomic E-state index is 2.27. The van der Waals surface area contributed by atoms with E-state index in [4.69, 9.17) is 0 Å². The van der Waals surface area contributed by atoms with Gasteiger partial charge in [0.15, 0.2) is 0 Å². The molecule has 2 aliphatic heterocycles. The Balaban J connectivity index is 1.62. The van der Waals surface area contributed by atoms with Gasteiger partial charge in [-0.15, -0.1) is 0 Å². The summed E-state index contributed by atoms with van der Waals surface area (Å²) in [6.45, 7) is 0. The highest BCUT2D eigenvalue weighted by atomic mass is 15.1. The van der Waals surface area contributed by atoms with Gasteiger partial charge < -0.3 is 9.80 Å². The lowest BCUT2D eigenvalue weighted by atomic mass is 9.93. The molecule has 0 N–H and O–H groups in total. The fraction of sp³-hybridized carbons (Fsp3) is 0.130. The summed E-state index contributed by atoms with van der Waals surface area (Å²) in [4.78, 5) is 4.33. The van der Waals surface area contributed by atoms with Crippen molar-refractivity contribution >= 4 is 16.9 Å². The molecule has 0 amide bonds. The quantitative estimate of drug-likeness (QED) is 0.735. The van der Waals surface area contributed by atoms with Crippen molar-refractivity contribution in [1.29, 1.82) is 0 Å². The van der Waals surface area contributed by atoms with Gasteiger partial charge in [0, 0.05) is 49.4 Å². The van der Waals surface area contributed by atoms with Crippen molar-refractivity contribution in [2.24, 2.45) is 0 Å². The molecule has 2 aliphatic rings. The molecule has 0 aromatic heterocycles. The summed E-state index contributed by atoms with van der Waals surface area (Å²) in [5, 5.41) is 0. The molecule has 2 heterocycles. The highest BCUT2D eigenvalue weighted by Crippen LogP contribution is 2.34.